The van der Waals surface area contributed by atoms with Gasteiger partial charge in [-0.2, -0.15) is 5.11 Å². The minimum absolute atomic E-state index is 0.0498. The van der Waals surface area contributed by atoms with Gasteiger partial charge in [0, 0.05) is 5.39 Å². The fraction of sp³-hybridized carbons (Fsp3) is 0. The molecule has 1 heterocycles. The van der Waals surface area contributed by atoms with Crippen molar-refractivity contribution in [2.45, 2.75) is 0 Å². The molecule has 0 aliphatic carbocycles. The number of aromatic hydroxyl groups is 1. The van der Waals surface area contributed by atoms with Gasteiger partial charge in [-0.05, 0) is 6.07 Å². The van der Waals surface area contributed by atoms with Crippen molar-refractivity contribution in [3.63, 3.8) is 0 Å². The van der Waals surface area contributed by atoms with Crippen LogP contribution in [0.4, 0.5) is 5.69 Å². The molecule has 0 atom stereocenters. The summed E-state index contributed by atoms with van der Waals surface area (Å²) in [4.78, 5) is 2.72. The normalized spacial score (nSPS) is 10.3. The highest BCUT2D eigenvalue weighted by Gasteiger charge is 2.07. The lowest BCUT2D eigenvalue weighted by Crippen LogP contribution is -1.63. The number of H-pyrrole nitrogens is 1. The van der Waals surface area contributed by atoms with Gasteiger partial charge in [0.15, 0.2) is 5.69 Å². The van der Waals surface area contributed by atoms with E-state index < -0.39 is 0 Å². The molecule has 2 rings (SSSR count). The van der Waals surface area contributed by atoms with Gasteiger partial charge in [0.1, 0.15) is 0 Å². The molecule has 12 heavy (non-hydrogen) atoms. The van der Waals surface area contributed by atoms with Crippen molar-refractivity contribution < 1.29 is 5.11 Å². The average molecular weight is 161 g/mol. The van der Waals surface area contributed by atoms with Crippen LogP contribution < -0.4 is 0 Å². The van der Waals surface area contributed by atoms with Gasteiger partial charge < -0.3 is 10.1 Å². The Morgan fingerprint density at radius 1 is 1.33 bits per heavy atom. The molecule has 0 bridgehead atoms. The van der Waals surface area contributed by atoms with Crippen molar-refractivity contribution in [2.24, 2.45) is 5.11 Å². The van der Waals surface area contributed by atoms with Crippen molar-refractivity contribution in [3.8, 4) is 5.88 Å². The van der Waals surface area contributed by atoms with Gasteiger partial charge in [0.25, 0.3) is 0 Å². The molecule has 1 aromatic heterocycles. The van der Waals surface area contributed by atoms with Crippen LogP contribution in [0, 0.1) is 5.53 Å². The second-order valence-corrected chi connectivity index (χ2v) is 2.48. The lowest BCUT2D eigenvalue weighted by atomic mass is 10.2. The van der Waals surface area contributed by atoms with Crippen LogP contribution in [0.15, 0.2) is 29.4 Å². The standard InChI is InChI=1S/C8H7N3O/c9-11-7-5-3-1-2-4-6(5)10-8(7)12/h1-4,9-10,12H. The van der Waals surface area contributed by atoms with Crippen LogP contribution in [0.25, 0.3) is 10.9 Å². The number of aromatic nitrogens is 1. The third kappa shape index (κ3) is 0.780. The highest BCUT2D eigenvalue weighted by atomic mass is 16.3. The van der Waals surface area contributed by atoms with Gasteiger partial charge in [-0.15, -0.1) is 0 Å². The maximum Gasteiger partial charge on any atom is 0.218 e. The molecule has 0 saturated carbocycles. The Bertz CT molecular complexity index is 433. The Hall–Kier alpha value is -1.84. The quantitative estimate of drug-likeness (QED) is 0.552. The summed E-state index contributed by atoms with van der Waals surface area (Å²) in [5.41, 5.74) is 7.92. The zero-order valence-corrected chi connectivity index (χ0v) is 6.20. The van der Waals surface area contributed by atoms with Crippen LogP contribution in [-0.2, 0) is 0 Å². The van der Waals surface area contributed by atoms with Crippen LogP contribution in [0.1, 0.15) is 0 Å². The third-order valence-corrected chi connectivity index (χ3v) is 1.77. The summed E-state index contributed by atoms with van der Waals surface area (Å²) in [5.74, 6) is -0.0498. The molecule has 0 radical (unpaired) electrons. The molecule has 4 heteroatoms. The van der Waals surface area contributed by atoms with E-state index in [9.17, 15) is 5.11 Å². The van der Waals surface area contributed by atoms with Crippen molar-refractivity contribution in [1.29, 1.82) is 5.53 Å². The number of nitrogens with one attached hydrogen (secondary N) is 2. The molecule has 0 aliphatic heterocycles. The lowest BCUT2D eigenvalue weighted by Gasteiger charge is -1.86. The highest BCUT2D eigenvalue weighted by Crippen LogP contribution is 2.34. The van der Waals surface area contributed by atoms with E-state index in [-0.39, 0.29) is 5.88 Å². The molecule has 4 nitrogen and oxygen atoms in total. The molecule has 0 unspecified atom stereocenters. The Morgan fingerprint density at radius 3 is 2.83 bits per heavy atom. The van der Waals surface area contributed by atoms with Crippen molar-refractivity contribution >= 4 is 16.6 Å². The number of para-hydroxylation sites is 1. The summed E-state index contributed by atoms with van der Waals surface area (Å²) in [5, 5.41) is 13.3. The van der Waals surface area contributed by atoms with Crippen LogP contribution in [0.3, 0.4) is 0 Å². The van der Waals surface area contributed by atoms with Crippen molar-refractivity contribution in [2.75, 3.05) is 0 Å². The number of nitrogens with zero attached hydrogens (tertiary/aromatic N) is 1. The van der Waals surface area contributed by atoms with E-state index in [0.717, 1.165) is 10.9 Å². The first-order valence-corrected chi connectivity index (χ1v) is 3.50. The topological polar surface area (TPSA) is 72.2 Å². The minimum Gasteiger partial charge on any atom is -0.493 e. The molecule has 60 valence electrons. The fourth-order valence-electron chi connectivity index (χ4n) is 1.23. The second-order valence-electron chi connectivity index (χ2n) is 2.48. The molecule has 3 N–H and O–H groups in total. The van der Waals surface area contributed by atoms with E-state index in [1.807, 2.05) is 18.2 Å². The van der Waals surface area contributed by atoms with Gasteiger partial charge in [-0.25, -0.2) is 5.53 Å². The molecule has 0 aliphatic rings. The van der Waals surface area contributed by atoms with E-state index in [1.165, 1.54) is 0 Å². The Balaban J connectivity index is 2.90. The number of fused-ring (bicyclic) bond motifs is 1. The van der Waals surface area contributed by atoms with Gasteiger partial charge in [-0.3, -0.25) is 0 Å². The van der Waals surface area contributed by atoms with Crippen molar-refractivity contribution in [1.82, 2.24) is 4.98 Å². The summed E-state index contributed by atoms with van der Waals surface area (Å²) < 4.78 is 0. The number of aromatic amines is 1. The molecule has 2 aromatic rings. The Morgan fingerprint density at radius 2 is 2.08 bits per heavy atom. The second kappa shape index (κ2) is 2.34. The monoisotopic (exact) mass is 161 g/mol. The Labute approximate surface area is 68.4 Å². The molecular weight excluding hydrogens is 154 g/mol. The van der Waals surface area contributed by atoms with Gasteiger partial charge >= 0.3 is 0 Å². The van der Waals surface area contributed by atoms with Gasteiger partial charge in [0.05, 0.1) is 5.52 Å². The largest absolute Gasteiger partial charge is 0.493 e. The maximum atomic E-state index is 9.27. The summed E-state index contributed by atoms with van der Waals surface area (Å²) in [6.45, 7) is 0. The highest BCUT2D eigenvalue weighted by molar-refractivity contribution is 5.93. The molecule has 0 saturated heterocycles. The fourth-order valence-corrected chi connectivity index (χ4v) is 1.23. The maximum absolute atomic E-state index is 9.27. The van der Waals surface area contributed by atoms with E-state index in [4.69, 9.17) is 5.53 Å². The van der Waals surface area contributed by atoms with Crippen LogP contribution in [0.2, 0.25) is 0 Å². The zero-order chi connectivity index (χ0) is 8.55. The first kappa shape index (κ1) is 6.84. The third-order valence-electron chi connectivity index (χ3n) is 1.77. The molecule has 0 fully saturated rings. The summed E-state index contributed by atoms with van der Waals surface area (Å²) in [7, 11) is 0. The summed E-state index contributed by atoms with van der Waals surface area (Å²) >= 11 is 0. The Kier molecular flexibility index (Phi) is 1.33. The van der Waals surface area contributed by atoms with Crippen LogP contribution in [0.5, 0.6) is 5.88 Å². The summed E-state index contributed by atoms with van der Waals surface area (Å²) in [6, 6.07) is 7.32. The first-order valence-electron chi connectivity index (χ1n) is 3.50. The van der Waals surface area contributed by atoms with E-state index in [0.29, 0.717) is 5.69 Å². The predicted octanol–water partition coefficient (Wildman–Crippen LogP) is 2.54. The first-order chi connectivity index (χ1) is 5.83. The molecule has 0 spiro atoms. The molecule has 0 amide bonds. The van der Waals surface area contributed by atoms with Gasteiger partial charge in [0.2, 0.25) is 5.88 Å². The van der Waals surface area contributed by atoms with E-state index >= 15 is 0 Å². The minimum atomic E-state index is -0.0498. The number of benzene rings is 1. The zero-order valence-electron chi connectivity index (χ0n) is 6.20. The van der Waals surface area contributed by atoms with E-state index in [2.05, 4.69) is 10.1 Å². The SMILES string of the molecule is N=Nc1c(O)[nH]c2ccccc12. The smallest absolute Gasteiger partial charge is 0.218 e. The van der Waals surface area contributed by atoms with Crippen LogP contribution >= 0.6 is 0 Å². The molecular formula is C8H7N3O. The average Bonchev–Trinajstić information content (AvgIpc) is 2.40. The molecule has 1 aromatic carbocycles. The van der Waals surface area contributed by atoms with Crippen molar-refractivity contribution in [3.05, 3.63) is 24.3 Å². The summed E-state index contributed by atoms with van der Waals surface area (Å²) in [6.07, 6.45) is 0. The van der Waals surface area contributed by atoms with Crippen LogP contribution in [-0.4, -0.2) is 10.1 Å². The predicted molar refractivity (Wildman–Crippen MR) is 44.8 cm³/mol. The number of hydrogen-bond acceptors (Lipinski definition) is 3. The van der Waals surface area contributed by atoms with E-state index in [1.54, 1.807) is 6.07 Å². The number of hydrogen-bond donors (Lipinski definition) is 3. The number of rotatable bonds is 1. The lowest BCUT2D eigenvalue weighted by molar-refractivity contribution is 0.459. The van der Waals surface area contributed by atoms with Gasteiger partial charge in [-0.1, -0.05) is 18.2 Å².